The number of hydrogen-bond acceptors (Lipinski definition) is 3. The van der Waals surface area contributed by atoms with Gasteiger partial charge in [0.25, 0.3) is 5.91 Å². The highest BCUT2D eigenvalue weighted by molar-refractivity contribution is 6.30. The molecule has 0 heterocycles. The number of halogens is 1. The van der Waals surface area contributed by atoms with E-state index in [1.54, 1.807) is 6.07 Å². The van der Waals surface area contributed by atoms with Gasteiger partial charge in [0.1, 0.15) is 5.75 Å². The summed E-state index contributed by atoms with van der Waals surface area (Å²) in [6, 6.07) is 6.11. The number of rotatable bonds is 8. The Balaban J connectivity index is 1.87. The molecule has 0 atom stereocenters. The van der Waals surface area contributed by atoms with Crippen LogP contribution in [0.5, 0.6) is 5.75 Å². The predicted octanol–water partition coefficient (Wildman–Crippen LogP) is 2.74. The number of carbonyl (C=O) groups is 1. The zero-order valence-electron chi connectivity index (χ0n) is 12.6. The maximum Gasteiger partial charge on any atom is 0.257 e. The Bertz CT molecular complexity index is 487. The molecule has 116 valence electrons. The summed E-state index contributed by atoms with van der Waals surface area (Å²) in [5, 5.41) is 6.95. The quantitative estimate of drug-likeness (QED) is 0.776. The van der Waals surface area contributed by atoms with Crippen molar-refractivity contribution >= 4 is 17.5 Å². The zero-order valence-corrected chi connectivity index (χ0v) is 13.4. The fourth-order valence-electron chi connectivity index (χ4n) is 1.88. The first-order valence-corrected chi connectivity index (χ1v) is 7.83. The summed E-state index contributed by atoms with van der Waals surface area (Å²) < 4.78 is 5.63. The lowest BCUT2D eigenvalue weighted by molar-refractivity contribution is -0.123. The molecule has 0 aromatic heterocycles. The summed E-state index contributed by atoms with van der Waals surface area (Å²) in [5.41, 5.74) is 0.992. The van der Waals surface area contributed by atoms with E-state index < -0.39 is 0 Å². The smallest absolute Gasteiger partial charge is 0.257 e. The van der Waals surface area contributed by atoms with Crippen LogP contribution in [0.2, 0.25) is 5.02 Å². The second-order valence-electron chi connectivity index (χ2n) is 5.89. The van der Waals surface area contributed by atoms with Gasteiger partial charge in [-0.1, -0.05) is 25.4 Å². The van der Waals surface area contributed by atoms with Gasteiger partial charge in [-0.05, 0) is 37.0 Å². The van der Waals surface area contributed by atoms with Crippen LogP contribution in [-0.2, 0) is 11.3 Å². The molecule has 2 rings (SSSR count). The number of amides is 1. The Morgan fingerprint density at radius 1 is 1.43 bits per heavy atom. The van der Waals surface area contributed by atoms with Crippen LogP contribution >= 0.6 is 11.6 Å². The maximum atomic E-state index is 11.7. The van der Waals surface area contributed by atoms with Gasteiger partial charge in [0.15, 0.2) is 6.61 Å². The molecular formula is C16H23ClN2O2. The van der Waals surface area contributed by atoms with Crippen LogP contribution in [0.25, 0.3) is 0 Å². The molecule has 1 aliphatic rings. The number of benzene rings is 1. The molecule has 5 heteroatoms. The summed E-state index contributed by atoms with van der Waals surface area (Å²) in [5.74, 6) is 1.05. The normalized spacial score (nSPS) is 14.3. The van der Waals surface area contributed by atoms with Crippen molar-refractivity contribution in [2.45, 2.75) is 39.3 Å². The number of hydrogen-bond donors (Lipinski definition) is 2. The van der Waals surface area contributed by atoms with E-state index >= 15 is 0 Å². The molecule has 0 bridgehead atoms. The topological polar surface area (TPSA) is 50.4 Å². The molecular weight excluding hydrogens is 288 g/mol. The molecule has 1 saturated carbocycles. The first kappa shape index (κ1) is 16.1. The van der Waals surface area contributed by atoms with Crippen molar-refractivity contribution < 1.29 is 9.53 Å². The Morgan fingerprint density at radius 3 is 2.86 bits per heavy atom. The second-order valence-corrected chi connectivity index (χ2v) is 6.33. The molecule has 2 N–H and O–H groups in total. The van der Waals surface area contributed by atoms with Crippen LogP contribution in [0.4, 0.5) is 0 Å². The second kappa shape index (κ2) is 7.66. The van der Waals surface area contributed by atoms with E-state index in [-0.39, 0.29) is 12.5 Å². The number of carbonyl (C=O) groups excluding carboxylic acids is 1. The summed E-state index contributed by atoms with van der Waals surface area (Å²) in [7, 11) is 0. The number of nitrogens with one attached hydrogen (secondary N) is 2. The Kier molecular flexibility index (Phi) is 5.88. The molecule has 0 radical (unpaired) electrons. The Hall–Kier alpha value is -1.26. The molecule has 0 aliphatic heterocycles. The molecule has 1 aromatic rings. The van der Waals surface area contributed by atoms with Gasteiger partial charge in [-0.3, -0.25) is 4.79 Å². The first-order chi connectivity index (χ1) is 10.0. The average molecular weight is 311 g/mol. The molecule has 0 saturated heterocycles. The van der Waals surface area contributed by atoms with Gasteiger partial charge in [0, 0.05) is 29.7 Å². The Morgan fingerprint density at radius 2 is 2.19 bits per heavy atom. The van der Waals surface area contributed by atoms with Crippen LogP contribution in [0, 0.1) is 5.92 Å². The molecule has 1 aliphatic carbocycles. The average Bonchev–Trinajstić information content (AvgIpc) is 3.26. The van der Waals surface area contributed by atoms with Gasteiger partial charge in [-0.2, -0.15) is 0 Å². The molecule has 4 nitrogen and oxygen atoms in total. The maximum absolute atomic E-state index is 11.7. The number of ether oxygens (including phenoxy) is 1. The van der Waals surface area contributed by atoms with Gasteiger partial charge in [-0.25, -0.2) is 0 Å². The van der Waals surface area contributed by atoms with Gasteiger partial charge >= 0.3 is 0 Å². The fourth-order valence-corrected chi connectivity index (χ4v) is 2.08. The third-order valence-electron chi connectivity index (χ3n) is 3.25. The van der Waals surface area contributed by atoms with Gasteiger partial charge < -0.3 is 15.4 Å². The minimum atomic E-state index is -0.0975. The van der Waals surface area contributed by atoms with Crippen molar-refractivity contribution in [3.05, 3.63) is 28.8 Å². The third-order valence-corrected chi connectivity index (χ3v) is 3.48. The van der Waals surface area contributed by atoms with Crippen molar-refractivity contribution in [1.29, 1.82) is 0 Å². The SMILES string of the molecule is CC(C)CNC(=O)COc1ccc(Cl)cc1CNC1CC1. The lowest BCUT2D eigenvalue weighted by Crippen LogP contribution is -2.32. The van der Waals surface area contributed by atoms with E-state index in [1.807, 2.05) is 12.1 Å². The van der Waals surface area contributed by atoms with E-state index in [0.717, 1.165) is 5.56 Å². The van der Waals surface area contributed by atoms with Crippen molar-refractivity contribution in [3.8, 4) is 5.75 Å². The molecule has 1 aromatic carbocycles. The summed E-state index contributed by atoms with van der Waals surface area (Å²) in [6.45, 7) is 5.53. The largest absolute Gasteiger partial charge is 0.483 e. The highest BCUT2D eigenvalue weighted by Crippen LogP contribution is 2.25. The van der Waals surface area contributed by atoms with Crippen LogP contribution in [0.1, 0.15) is 32.3 Å². The van der Waals surface area contributed by atoms with Crippen LogP contribution in [-0.4, -0.2) is 25.1 Å². The fraction of sp³-hybridized carbons (Fsp3) is 0.562. The van der Waals surface area contributed by atoms with E-state index in [0.29, 0.717) is 35.8 Å². The minimum absolute atomic E-state index is 0.0325. The third kappa shape index (κ3) is 5.94. The van der Waals surface area contributed by atoms with E-state index in [9.17, 15) is 4.79 Å². The lowest BCUT2D eigenvalue weighted by atomic mass is 10.2. The van der Waals surface area contributed by atoms with Crippen LogP contribution < -0.4 is 15.4 Å². The summed E-state index contributed by atoms with van der Waals surface area (Å²) in [4.78, 5) is 11.7. The van der Waals surface area contributed by atoms with Crippen molar-refractivity contribution in [2.24, 2.45) is 5.92 Å². The minimum Gasteiger partial charge on any atom is -0.483 e. The van der Waals surface area contributed by atoms with E-state index in [1.165, 1.54) is 12.8 Å². The van der Waals surface area contributed by atoms with E-state index in [4.69, 9.17) is 16.3 Å². The van der Waals surface area contributed by atoms with Gasteiger partial charge in [-0.15, -0.1) is 0 Å². The van der Waals surface area contributed by atoms with E-state index in [2.05, 4.69) is 24.5 Å². The molecule has 0 unspecified atom stereocenters. The van der Waals surface area contributed by atoms with Crippen molar-refractivity contribution in [2.75, 3.05) is 13.2 Å². The van der Waals surface area contributed by atoms with Crippen LogP contribution in [0.3, 0.4) is 0 Å². The zero-order chi connectivity index (χ0) is 15.2. The van der Waals surface area contributed by atoms with Crippen LogP contribution in [0.15, 0.2) is 18.2 Å². The van der Waals surface area contributed by atoms with Gasteiger partial charge in [0.05, 0.1) is 0 Å². The standard InChI is InChI=1S/C16H23ClN2O2/c1-11(2)8-19-16(20)10-21-15-6-3-13(17)7-12(15)9-18-14-4-5-14/h3,6-7,11,14,18H,4-5,8-10H2,1-2H3,(H,19,20). The lowest BCUT2D eigenvalue weighted by Gasteiger charge is -2.13. The monoisotopic (exact) mass is 310 g/mol. The highest BCUT2D eigenvalue weighted by atomic mass is 35.5. The van der Waals surface area contributed by atoms with Crippen molar-refractivity contribution in [3.63, 3.8) is 0 Å². The first-order valence-electron chi connectivity index (χ1n) is 7.46. The molecule has 21 heavy (non-hydrogen) atoms. The molecule has 0 spiro atoms. The molecule has 1 fully saturated rings. The predicted molar refractivity (Wildman–Crippen MR) is 84.7 cm³/mol. The summed E-state index contributed by atoms with van der Waals surface area (Å²) in [6.07, 6.45) is 2.46. The van der Waals surface area contributed by atoms with Crippen molar-refractivity contribution in [1.82, 2.24) is 10.6 Å². The molecule has 1 amide bonds. The Labute approximate surface area is 131 Å². The van der Waals surface area contributed by atoms with Gasteiger partial charge in [0.2, 0.25) is 0 Å². The summed E-state index contributed by atoms with van der Waals surface area (Å²) >= 11 is 6.03. The highest BCUT2D eigenvalue weighted by Gasteiger charge is 2.20.